The lowest BCUT2D eigenvalue weighted by molar-refractivity contribution is -0.158. The second-order valence-corrected chi connectivity index (χ2v) is 8.41. The Hall–Kier alpha value is -3.58. The molecule has 0 saturated heterocycles. The second-order valence-electron chi connectivity index (χ2n) is 8.41. The number of esters is 1. The monoisotopic (exact) mass is 409 g/mol. The van der Waals surface area contributed by atoms with Crippen LogP contribution in [0.3, 0.4) is 0 Å². The summed E-state index contributed by atoms with van der Waals surface area (Å²) in [5, 5.41) is 9.51. The molecule has 1 unspecified atom stereocenters. The highest BCUT2D eigenvalue weighted by Gasteiger charge is 2.69. The van der Waals surface area contributed by atoms with Crippen molar-refractivity contribution >= 4 is 5.97 Å². The van der Waals surface area contributed by atoms with Crippen LogP contribution in [-0.2, 0) is 14.9 Å². The van der Waals surface area contributed by atoms with E-state index in [1.807, 2.05) is 54.6 Å². The van der Waals surface area contributed by atoms with Crippen molar-refractivity contribution in [2.75, 3.05) is 14.2 Å². The molecule has 0 bridgehead atoms. The molecule has 0 spiro atoms. The van der Waals surface area contributed by atoms with E-state index in [0.29, 0.717) is 5.56 Å². The van der Waals surface area contributed by atoms with Gasteiger partial charge in [0.15, 0.2) is 0 Å². The minimum Gasteiger partial charge on any atom is -0.497 e. The Morgan fingerprint density at radius 1 is 0.968 bits per heavy atom. The molecule has 0 radical (unpaired) electrons. The largest absolute Gasteiger partial charge is 0.497 e. The third kappa shape index (κ3) is 2.44. The SMILES string of the molecule is COC(=O)[C@]12c3ccc(C#N)cc3-c3ccccc3C1[C@H](C)[C@H]2c1ccc(OC)cc1. The van der Waals surface area contributed by atoms with Gasteiger partial charge in [0.25, 0.3) is 0 Å². The minimum atomic E-state index is -0.833. The molecule has 0 aromatic heterocycles. The average Bonchev–Trinajstić information content (AvgIpc) is 2.82. The maximum absolute atomic E-state index is 13.6. The van der Waals surface area contributed by atoms with E-state index >= 15 is 0 Å². The summed E-state index contributed by atoms with van der Waals surface area (Å²) >= 11 is 0. The summed E-state index contributed by atoms with van der Waals surface area (Å²) in [4.78, 5) is 13.6. The van der Waals surface area contributed by atoms with Gasteiger partial charge in [-0.15, -0.1) is 0 Å². The molecule has 3 aromatic carbocycles. The fraction of sp³-hybridized carbons (Fsp3) is 0.259. The number of methoxy groups -OCH3 is 2. The first-order chi connectivity index (χ1) is 15.1. The number of nitrogens with zero attached hydrogens (tertiary/aromatic N) is 1. The lowest BCUT2D eigenvalue weighted by Crippen LogP contribution is -2.62. The molecule has 1 saturated carbocycles. The molecule has 0 amide bonds. The van der Waals surface area contributed by atoms with Crippen molar-refractivity contribution < 1.29 is 14.3 Å². The topological polar surface area (TPSA) is 59.3 Å². The Kier molecular flexibility index (Phi) is 4.37. The third-order valence-electron chi connectivity index (χ3n) is 7.21. The predicted octanol–water partition coefficient (Wildman–Crippen LogP) is 5.18. The van der Waals surface area contributed by atoms with Crippen molar-refractivity contribution in [2.45, 2.75) is 24.2 Å². The summed E-state index contributed by atoms with van der Waals surface area (Å²) in [5.74, 6) is 0.751. The minimum absolute atomic E-state index is 0.00341. The zero-order valence-corrected chi connectivity index (χ0v) is 17.8. The Balaban J connectivity index is 1.80. The average molecular weight is 409 g/mol. The molecule has 0 heterocycles. The smallest absolute Gasteiger partial charge is 0.317 e. The van der Waals surface area contributed by atoms with Gasteiger partial charge in [-0.2, -0.15) is 5.26 Å². The summed E-state index contributed by atoms with van der Waals surface area (Å²) in [6.07, 6.45) is 0. The number of hydrogen-bond acceptors (Lipinski definition) is 4. The van der Waals surface area contributed by atoms with Gasteiger partial charge in [-0.05, 0) is 58.0 Å². The Morgan fingerprint density at radius 3 is 2.39 bits per heavy atom. The van der Waals surface area contributed by atoms with Gasteiger partial charge in [0, 0.05) is 11.8 Å². The van der Waals surface area contributed by atoms with Crippen LogP contribution in [0.2, 0.25) is 0 Å². The highest BCUT2D eigenvalue weighted by Crippen LogP contribution is 2.70. The lowest BCUT2D eigenvalue weighted by atomic mass is 9.39. The van der Waals surface area contributed by atoms with Gasteiger partial charge in [-0.25, -0.2) is 0 Å². The second kappa shape index (κ2) is 6.99. The quantitative estimate of drug-likeness (QED) is 0.560. The molecule has 31 heavy (non-hydrogen) atoms. The predicted molar refractivity (Wildman–Crippen MR) is 118 cm³/mol. The van der Waals surface area contributed by atoms with E-state index in [9.17, 15) is 10.1 Å². The van der Waals surface area contributed by atoms with Crippen LogP contribution >= 0.6 is 0 Å². The number of hydrogen-bond donors (Lipinski definition) is 0. The van der Waals surface area contributed by atoms with Gasteiger partial charge in [-0.3, -0.25) is 4.79 Å². The fourth-order valence-electron chi connectivity index (χ4n) is 6.08. The number of rotatable bonds is 3. The number of nitriles is 1. The van der Waals surface area contributed by atoms with Crippen LogP contribution in [0.5, 0.6) is 5.75 Å². The van der Waals surface area contributed by atoms with Gasteiger partial charge in [-0.1, -0.05) is 49.4 Å². The molecule has 3 aromatic rings. The zero-order chi connectivity index (χ0) is 21.8. The third-order valence-corrected chi connectivity index (χ3v) is 7.21. The highest BCUT2D eigenvalue weighted by atomic mass is 16.5. The highest BCUT2D eigenvalue weighted by molar-refractivity contribution is 5.95. The van der Waals surface area contributed by atoms with Gasteiger partial charge in [0.1, 0.15) is 11.2 Å². The standard InChI is InChI=1S/C27H23NO3/c1-16-24(18-9-11-19(30-2)12-10-18)27(26(29)31-3)23-13-8-17(15-28)14-22(23)20-6-4-5-7-21(20)25(16)27/h4-14,16,24-25H,1-3H3/t16-,24+,25?,27+/m1/s1. The molecule has 0 N–H and O–H groups in total. The maximum Gasteiger partial charge on any atom is 0.317 e. The first kappa shape index (κ1) is 19.4. The van der Waals surface area contributed by atoms with E-state index in [1.165, 1.54) is 7.11 Å². The molecule has 154 valence electrons. The van der Waals surface area contributed by atoms with Crippen LogP contribution in [0.15, 0.2) is 66.7 Å². The Labute approximate surface area is 182 Å². The molecule has 5 rings (SSSR count). The van der Waals surface area contributed by atoms with Gasteiger partial charge in [0.05, 0.1) is 25.9 Å². The van der Waals surface area contributed by atoms with E-state index in [0.717, 1.165) is 33.6 Å². The molecule has 4 heteroatoms. The van der Waals surface area contributed by atoms with Crippen molar-refractivity contribution in [1.29, 1.82) is 5.26 Å². The lowest BCUT2D eigenvalue weighted by Gasteiger charge is -2.61. The summed E-state index contributed by atoms with van der Waals surface area (Å²) in [5.41, 5.74) is 4.97. The van der Waals surface area contributed by atoms with Crippen LogP contribution in [0.25, 0.3) is 11.1 Å². The van der Waals surface area contributed by atoms with Crippen molar-refractivity contribution in [3.05, 3.63) is 89.0 Å². The van der Waals surface area contributed by atoms with Crippen molar-refractivity contribution in [2.24, 2.45) is 5.92 Å². The summed E-state index contributed by atoms with van der Waals surface area (Å²) in [7, 11) is 3.11. The van der Waals surface area contributed by atoms with Gasteiger partial charge >= 0.3 is 5.97 Å². The van der Waals surface area contributed by atoms with E-state index in [4.69, 9.17) is 9.47 Å². The fourth-order valence-corrected chi connectivity index (χ4v) is 6.08. The van der Waals surface area contributed by atoms with Crippen LogP contribution in [0, 0.1) is 17.2 Å². The molecule has 0 aliphatic heterocycles. The van der Waals surface area contributed by atoms with E-state index in [1.54, 1.807) is 7.11 Å². The van der Waals surface area contributed by atoms with Crippen LogP contribution < -0.4 is 4.74 Å². The van der Waals surface area contributed by atoms with Crippen molar-refractivity contribution in [1.82, 2.24) is 0 Å². The van der Waals surface area contributed by atoms with E-state index < -0.39 is 5.41 Å². The summed E-state index contributed by atoms with van der Waals surface area (Å²) in [6, 6.07) is 24.1. The molecule has 2 aliphatic carbocycles. The van der Waals surface area contributed by atoms with Crippen LogP contribution in [0.4, 0.5) is 0 Å². The first-order valence-corrected chi connectivity index (χ1v) is 10.4. The first-order valence-electron chi connectivity index (χ1n) is 10.4. The number of fused-ring (bicyclic) bond motifs is 6. The molecule has 1 fully saturated rings. The maximum atomic E-state index is 13.6. The molecular weight excluding hydrogens is 386 g/mol. The van der Waals surface area contributed by atoms with Gasteiger partial charge < -0.3 is 9.47 Å². The zero-order valence-electron chi connectivity index (χ0n) is 17.8. The van der Waals surface area contributed by atoms with E-state index in [-0.39, 0.29) is 23.7 Å². The van der Waals surface area contributed by atoms with Crippen LogP contribution in [0.1, 0.15) is 41.0 Å². The molecule has 2 aliphatic rings. The number of ether oxygens (including phenoxy) is 2. The molecule has 4 atom stereocenters. The van der Waals surface area contributed by atoms with Crippen molar-refractivity contribution in [3.8, 4) is 22.9 Å². The summed E-state index contributed by atoms with van der Waals surface area (Å²) < 4.78 is 10.8. The van der Waals surface area contributed by atoms with Crippen LogP contribution in [-0.4, -0.2) is 20.2 Å². The molecule has 4 nitrogen and oxygen atoms in total. The number of benzene rings is 3. The summed E-state index contributed by atoms with van der Waals surface area (Å²) in [6.45, 7) is 2.21. The number of carbonyl (C=O) groups excluding carboxylic acids is 1. The Morgan fingerprint density at radius 2 is 1.71 bits per heavy atom. The number of carbonyl (C=O) groups is 1. The molecular formula is C27H23NO3. The van der Waals surface area contributed by atoms with Crippen molar-refractivity contribution in [3.63, 3.8) is 0 Å². The van der Waals surface area contributed by atoms with Gasteiger partial charge in [0.2, 0.25) is 0 Å². The normalized spacial score (nSPS) is 25.2. The van der Waals surface area contributed by atoms with E-state index in [2.05, 4.69) is 25.1 Å². The Bertz CT molecular complexity index is 1220.